The highest BCUT2D eigenvalue weighted by Gasteiger charge is 2.26. The van der Waals surface area contributed by atoms with Gasteiger partial charge in [-0.05, 0) is 44.5 Å². The molecule has 0 N–H and O–H groups in total. The number of aromatic nitrogens is 1. The fourth-order valence-electron chi connectivity index (χ4n) is 1.80. The Hall–Kier alpha value is -1.22. The molecule has 0 bridgehead atoms. The van der Waals surface area contributed by atoms with Crippen molar-refractivity contribution in [3.05, 3.63) is 51.7 Å². The second-order valence-corrected chi connectivity index (χ2v) is 5.63. The molecule has 0 aromatic carbocycles. The highest BCUT2D eigenvalue weighted by Crippen LogP contribution is 2.34. The van der Waals surface area contributed by atoms with Crippen LogP contribution in [-0.2, 0) is 11.8 Å². The summed E-state index contributed by atoms with van der Waals surface area (Å²) in [6.07, 6.45) is 0.919. The van der Waals surface area contributed by atoms with Crippen LogP contribution in [0.5, 0.6) is 0 Å². The van der Waals surface area contributed by atoms with Crippen LogP contribution in [0.3, 0.4) is 0 Å². The summed E-state index contributed by atoms with van der Waals surface area (Å²) in [5.41, 5.74) is 1.84. The molecule has 0 aliphatic heterocycles. The largest absolute Gasteiger partial charge is 0.257 e. The molecule has 2 rings (SSSR count). The van der Waals surface area contributed by atoms with Crippen molar-refractivity contribution in [2.24, 2.45) is 0 Å². The SMILES string of the molecule is CCc1cccc(C(C)(C)c2ccc(F)s2)n1. The van der Waals surface area contributed by atoms with E-state index in [1.54, 1.807) is 0 Å². The van der Waals surface area contributed by atoms with Crippen LogP contribution < -0.4 is 0 Å². The van der Waals surface area contributed by atoms with E-state index < -0.39 is 0 Å². The maximum atomic E-state index is 13.1. The number of rotatable bonds is 3. The van der Waals surface area contributed by atoms with Gasteiger partial charge in [0.05, 0.1) is 5.69 Å². The van der Waals surface area contributed by atoms with Gasteiger partial charge in [0.1, 0.15) is 0 Å². The number of aryl methyl sites for hydroxylation is 1. The summed E-state index contributed by atoms with van der Waals surface area (Å²) in [5.74, 6) is 0. The number of hydrogen-bond donors (Lipinski definition) is 0. The Balaban J connectivity index is 2.43. The van der Waals surface area contributed by atoms with Gasteiger partial charge in [-0.1, -0.05) is 13.0 Å². The fourth-order valence-corrected chi connectivity index (χ4v) is 2.64. The molecule has 2 aromatic heterocycles. The molecule has 0 saturated heterocycles. The van der Waals surface area contributed by atoms with Crippen LogP contribution in [0.15, 0.2) is 30.3 Å². The van der Waals surface area contributed by atoms with E-state index >= 15 is 0 Å². The number of nitrogens with zero attached hydrogens (tertiary/aromatic N) is 1. The van der Waals surface area contributed by atoms with Gasteiger partial charge in [0.15, 0.2) is 5.13 Å². The second-order valence-electron chi connectivity index (χ2n) is 4.60. The van der Waals surface area contributed by atoms with Gasteiger partial charge in [-0.15, -0.1) is 11.3 Å². The summed E-state index contributed by atoms with van der Waals surface area (Å²) in [5, 5.41) is -0.139. The first-order chi connectivity index (χ1) is 8.04. The van der Waals surface area contributed by atoms with Crippen LogP contribution >= 0.6 is 11.3 Å². The summed E-state index contributed by atoms with van der Waals surface area (Å²) in [6, 6.07) is 9.42. The molecule has 0 saturated carbocycles. The van der Waals surface area contributed by atoms with Crippen molar-refractivity contribution < 1.29 is 4.39 Å². The summed E-state index contributed by atoms with van der Waals surface area (Å²) >= 11 is 1.20. The zero-order valence-corrected chi connectivity index (χ0v) is 11.1. The molecule has 0 unspecified atom stereocenters. The molecule has 0 aliphatic rings. The van der Waals surface area contributed by atoms with E-state index in [1.165, 1.54) is 17.4 Å². The number of thiophene rings is 1. The van der Waals surface area contributed by atoms with Crippen molar-refractivity contribution in [3.8, 4) is 0 Å². The molecule has 0 atom stereocenters. The summed E-state index contributed by atoms with van der Waals surface area (Å²) in [6.45, 7) is 6.25. The van der Waals surface area contributed by atoms with Crippen molar-refractivity contribution in [2.45, 2.75) is 32.6 Å². The normalized spacial score (nSPS) is 11.8. The lowest BCUT2D eigenvalue weighted by atomic mass is 9.87. The maximum Gasteiger partial charge on any atom is 0.176 e. The lowest BCUT2D eigenvalue weighted by Crippen LogP contribution is -2.19. The Kier molecular flexibility index (Phi) is 3.29. The molecule has 0 amide bonds. The minimum atomic E-state index is -0.236. The van der Waals surface area contributed by atoms with Crippen molar-refractivity contribution in [3.63, 3.8) is 0 Å². The van der Waals surface area contributed by atoms with E-state index in [1.807, 2.05) is 24.3 Å². The Morgan fingerprint density at radius 2 is 2.00 bits per heavy atom. The van der Waals surface area contributed by atoms with Gasteiger partial charge >= 0.3 is 0 Å². The minimum Gasteiger partial charge on any atom is -0.257 e. The standard InChI is InChI=1S/C14H16FNS/c1-4-10-6-5-7-11(16-10)14(2,3)12-8-9-13(15)17-12/h5-9H,4H2,1-3H3. The smallest absolute Gasteiger partial charge is 0.176 e. The van der Waals surface area contributed by atoms with Crippen molar-refractivity contribution in [1.29, 1.82) is 0 Å². The van der Waals surface area contributed by atoms with Crippen LogP contribution in [0.25, 0.3) is 0 Å². The third-order valence-corrected chi connectivity index (χ3v) is 4.20. The first-order valence-electron chi connectivity index (χ1n) is 5.76. The Bertz CT molecular complexity index is 516. The average molecular weight is 249 g/mol. The predicted octanol–water partition coefficient (Wildman–Crippen LogP) is 4.17. The summed E-state index contributed by atoms with van der Waals surface area (Å²) in [7, 11) is 0. The zero-order valence-electron chi connectivity index (χ0n) is 10.3. The van der Waals surface area contributed by atoms with Crippen molar-refractivity contribution >= 4 is 11.3 Å². The van der Waals surface area contributed by atoms with Gasteiger partial charge in [0.2, 0.25) is 0 Å². The van der Waals surface area contributed by atoms with Gasteiger partial charge in [-0.2, -0.15) is 4.39 Å². The molecular weight excluding hydrogens is 233 g/mol. The lowest BCUT2D eigenvalue weighted by molar-refractivity contribution is 0.625. The van der Waals surface area contributed by atoms with Crippen molar-refractivity contribution in [1.82, 2.24) is 4.98 Å². The maximum absolute atomic E-state index is 13.1. The molecule has 1 nitrogen and oxygen atoms in total. The summed E-state index contributed by atoms with van der Waals surface area (Å²) < 4.78 is 13.1. The van der Waals surface area contributed by atoms with Crippen LogP contribution in [0.1, 0.15) is 37.0 Å². The molecule has 2 aromatic rings. The van der Waals surface area contributed by atoms with E-state index in [4.69, 9.17) is 0 Å². The molecule has 17 heavy (non-hydrogen) atoms. The third-order valence-electron chi connectivity index (χ3n) is 3.00. The van der Waals surface area contributed by atoms with Gasteiger partial charge < -0.3 is 0 Å². The number of halogens is 1. The Labute approximate surface area is 105 Å². The van der Waals surface area contributed by atoms with Gasteiger partial charge in [0, 0.05) is 16.0 Å². The van der Waals surface area contributed by atoms with E-state index in [9.17, 15) is 4.39 Å². The molecule has 2 heterocycles. The van der Waals surface area contributed by atoms with Gasteiger partial charge in [0.25, 0.3) is 0 Å². The highest BCUT2D eigenvalue weighted by molar-refractivity contribution is 7.10. The van der Waals surface area contributed by atoms with Crippen LogP contribution in [0, 0.1) is 5.13 Å². The molecule has 0 fully saturated rings. The molecule has 0 radical (unpaired) electrons. The molecule has 3 heteroatoms. The second kappa shape index (κ2) is 4.57. The van der Waals surface area contributed by atoms with Crippen molar-refractivity contribution in [2.75, 3.05) is 0 Å². The zero-order chi connectivity index (χ0) is 12.5. The first kappa shape index (κ1) is 12.2. The quantitative estimate of drug-likeness (QED) is 0.795. The number of hydrogen-bond acceptors (Lipinski definition) is 2. The van der Waals surface area contributed by atoms with Crippen LogP contribution in [0.2, 0.25) is 0 Å². The van der Waals surface area contributed by atoms with E-state index in [0.29, 0.717) is 0 Å². The van der Waals surface area contributed by atoms with Gasteiger partial charge in [-0.25, -0.2) is 0 Å². The Morgan fingerprint density at radius 1 is 1.24 bits per heavy atom. The number of pyridine rings is 1. The van der Waals surface area contributed by atoms with Gasteiger partial charge in [-0.3, -0.25) is 4.98 Å². The monoisotopic (exact) mass is 249 g/mol. The minimum absolute atomic E-state index is 0.139. The van der Waals surface area contributed by atoms with Crippen LogP contribution in [-0.4, -0.2) is 4.98 Å². The van der Waals surface area contributed by atoms with E-state index in [2.05, 4.69) is 25.8 Å². The lowest BCUT2D eigenvalue weighted by Gasteiger charge is -2.23. The molecule has 90 valence electrons. The average Bonchev–Trinajstić information content (AvgIpc) is 2.76. The molecule has 0 aliphatic carbocycles. The molecule has 0 spiro atoms. The highest BCUT2D eigenvalue weighted by atomic mass is 32.1. The topological polar surface area (TPSA) is 12.9 Å². The first-order valence-corrected chi connectivity index (χ1v) is 6.58. The fraction of sp³-hybridized carbons (Fsp3) is 0.357. The summed E-state index contributed by atoms with van der Waals surface area (Å²) in [4.78, 5) is 5.64. The molecular formula is C14H16FNS. The predicted molar refractivity (Wildman–Crippen MR) is 70.0 cm³/mol. The van der Waals surface area contributed by atoms with E-state index in [-0.39, 0.29) is 10.5 Å². The third kappa shape index (κ3) is 2.39. The van der Waals surface area contributed by atoms with Crippen LogP contribution in [0.4, 0.5) is 4.39 Å². The Morgan fingerprint density at radius 3 is 2.59 bits per heavy atom. The van der Waals surface area contributed by atoms with E-state index in [0.717, 1.165) is 22.7 Å².